The highest BCUT2D eigenvalue weighted by atomic mass is 16.7. The summed E-state index contributed by atoms with van der Waals surface area (Å²) in [6.45, 7) is 4.48. The number of nitrogens with zero attached hydrogens (tertiary/aromatic N) is 3. The molecule has 0 saturated carbocycles. The van der Waals surface area contributed by atoms with E-state index >= 15 is 0 Å². The predicted molar refractivity (Wildman–Crippen MR) is 141 cm³/mol. The van der Waals surface area contributed by atoms with Gasteiger partial charge in [0.05, 0.1) is 19.2 Å². The van der Waals surface area contributed by atoms with E-state index in [9.17, 15) is 14.7 Å². The molecule has 1 N–H and O–H groups in total. The van der Waals surface area contributed by atoms with Crippen molar-refractivity contribution in [2.45, 2.75) is 51.7 Å². The van der Waals surface area contributed by atoms with Crippen LogP contribution in [-0.2, 0) is 0 Å². The third kappa shape index (κ3) is 5.20. The van der Waals surface area contributed by atoms with Gasteiger partial charge in [-0.15, -0.1) is 0 Å². The van der Waals surface area contributed by atoms with Crippen LogP contribution in [-0.4, -0.2) is 77.4 Å². The van der Waals surface area contributed by atoms with Crippen LogP contribution in [0.2, 0.25) is 0 Å². The molecule has 38 heavy (non-hydrogen) atoms. The van der Waals surface area contributed by atoms with Crippen molar-refractivity contribution in [3.8, 4) is 17.4 Å². The molecular weight excluding hydrogens is 486 g/mol. The molecule has 1 aromatic carbocycles. The van der Waals surface area contributed by atoms with Crippen molar-refractivity contribution < 1.29 is 28.9 Å². The molecule has 0 saturated heterocycles. The average molecular weight is 522 g/mol. The number of hydrogen-bond donors (Lipinski definition) is 1. The fourth-order valence-corrected chi connectivity index (χ4v) is 5.20. The van der Waals surface area contributed by atoms with Crippen molar-refractivity contribution in [3.63, 3.8) is 0 Å². The number of allylic oxidation sites excluding steroid dienone is 2. The van der Waals surface area contributed by atoms with Crippen molar-refractivity contribution in [2.24, 2.45) is 5.92 Å². The van der Waals surface area contributed by atoms with E-state index < -0.39 is 6.10 Å². The zero-order valence-electron chi connectivity index (χ0n) is 22.2. The molecular formula is C29H35N3O6. The first-order valence-corrected chi connectivity index (χ1v) is 13.3. The van der Waals surface area contributed by atoms with E-state index in [1.807, 2.05) is 19.9 Å². The van der Waals surface area contributed by atoms with Gasteiger partial charge in [0.25, 0.3) is 11.8 Å². The number of aromatic nitrogens is 1. The monoisotopic (exact) mass is 521 g/mol. The molecule has 3 atom stereocenters. The lowest BCUT2D eigenvalue weighted by atomic mass is 9.93. The molecule has 1 aliphatic carbocycles. The maximum Gasteiger partial charge on any atom is 0.259 e. The van der Waals surface area contributed by atoms with E-state index in [1.54, 1.807) is 41.2 Å². The molecule has 0 fully saturated rings. The minimum Gasteiger partial charge on any atom is -0.472 e. The van der Waals surface area contributed by atoms with Crippen LogP contribution in [0.5, 0.6) is 17.4 Å². The number of ether oxygens (including phenoxy) is 3. The number of benzene rings is 1. The Kier molecular flexibility index (Phi) is 7.56. The van der Waals surface area contributed by atoms with E-state index in [-0.39, 0.29) is 49.6 Å². The van der Waals surface area contributed by atoms with Crippen LogP contribution >= 0.6 is 0 Å². The molecule has 0 unspecified atom stereocenters. The smallest absolute Gasteiger partial charge is 0.259 e. The van der Waals surface area contributed by atoms with Crippen LogP contribution in [0.1, 0.15) is 65.8 Å². The Balaban J connectivity index is 1.42. The lowest BCUT2D eigenvalue weighted by molar-refractivity contribution is 0.0313. The first-order valence-electron chi connectivity index (χ1n) is 13.3. The first kappa shape index (κ1) is 26.0. The number of carbonyl (C=O) groups excluding carboxylic acids is 2. The number of likely N-dealkylation sites (N-methyl/N-ethyl adjacent to an activating group) is 1. The minimum absolute atomic E-state index is 0.129. The Hall–Kier alpha value is -3.59. The zero-order valence-corrected chi connectivity index (χ0v) is 22.2. The van der Waals surface area contributed by atoms with Gasteiger partial charge in [0.1, 0.15) is 11.7 Å². The number of carbonyl (C=O) groups is 2. The Bertz CT molecular complexity index is 1240. The van der Waals surface area contributed by atoms with E-state index in [4.69, 9.17) is 14.2 Å². The molecule has 202 valence electrons. The summed E-state index contributed by atoms with van der Waals surface area (Å²) in [5, 5.41) is 9.91. The van der Waals surface area contributed by atoms with E-state index in [1.165, 1.54) is 12.0 Å². The summed E-state index contributed by atoms with van der Waals surface area (Å²) in [7, 11) is 1.73. The summed E-state index contributed by atoms with van der Waals surface area (Å²) in [6, 6.07) is 6.63. The molecule has 0 bridgehead atoms. The molecule has 1 aromatic heterocycles. The fraction of sp³-hybridized carbons (Fsp3) is 0.483. The molecule has 2 amide bonds. The largest absolute Gasteiger partial charge is 0.472 e. The second kappa shape index (κ2) is 11.0. The van der Waals surface area contributed by atoms with E-state index in [2.05, 4.69) is 11.1 Å². The predicted octanol–water partition coefficient (Wildman–Crippen LogP) is 3.76. The molecule has 3 aliphatic rings. The van der Waals surface area contributed by atoms with Crippen molar-refractivity contribution in [2.75, 3.05) is 33.5 Å². The van der Waals surface area contributed by atoms with Crippen molar-refractivity contribution in [3.05, 3.63) is 53.2 Å². The Morgan fingerprint density at radius 3 is 2.82 bits per heavy atom. The van der Waals surface area contributed by atoms with Crippen molar-refractivity contribution >= 4 is 17.4 Å². The number of rotatable bonds is 6. The summed E-state index contributed by atoms with van der Waals surface area (Å²) >= 11 is 0. The minimum atomic E-state index is -0.426. The van der Waals surface area contributed by atoms with Crippen LogP contribution in [0.15, 0.2) is 36.5 Å². The number of amides is 2. The lowest BCUT2D eigenvalue weighted by Gasteiger charge is -2.37. The zero-order chi connectivity index (χ0) is 26.8. The van der Waals surface area contributed by atoms with Crippen molar-refractivity contribution in [1.82, 2.24) is 14.8 Å². The van der Waals surface area contributed by atoms with Crippen LogP contribution in [0, 0.1) is 5.92 Å². The fourth-order valence-electron chi connectivity index (χ4n) is 5.20. The van der Waals surface area contributed by atoms with Gasteiger partial charge in [-0.25, -0.2) is 4.98 Å². The van der Waals surface area contributed by atoms with Gasteiger partial charge in [-0.1, -0.05) is 13.0 Å². The van der Waals surface area contributed by atoms with Gasteiger partial charge in [0.2, 0.25) is 12.7 Å². The maximum absolute atomic E-state index is 13.7. The van der Waals surface area contributed by atoms with Gasteiger partial charge in [0, 0.05) is 31.3 Å². The molecule has 5 rings (SSSR count). The highest BCUT2D eigenvalue weighted by Gasteiger charge is 2.35. The Labute approximate surface area is 223 Å². The summed E-state index contributed by atoms with van der Waals surface area (Å²) in [5.41, 5.74) is 3.00. The van der Waals surface area contributed by atoms with Crippen LogP contribution in [0.4, 0.5) is 0 Å². The molecule has 3 heterocycles. The van der Waals surface area contributed by atoms with Gasteiger partial charge in [-0.2, -0.15) is 0 Å². The number of aliphatic hydroxyl groups excluding tert-OH is 1. The number of fused-ring (bicyclic) bond motifs is 2. The van der Waals surface area contributed by atoms with E-state index in [0.29, 0.717) is 29.2 Å². The van der Waals surface area contributed by atoms with Crippen LogP contribution in [0.25, 0.3) is 5.57 Å². The molecule has 9 nitrogen and oxygen atoms in total. The summed E-state index contributed by atoms with van der Waals surface area (Å²) in [5.74, 6) is 0.915. The highest BCUT2D eigenvalue weighted by Crippen LogP contribution is 2.34. The van der Waals surface area contributed by atoms with Crippen LogP contribution in [0.3, 0.4) is 0 Å². The standard InChI is InChI=1S/C29H35N3O6/c1-18-14-32(19(2)16-33)29(35)23-11-22(20-7-5-4-6-8-20)13-30-27(23)38-26(18)15-31(3)28(34)21-9-10-24-25(12-21)37-17-36-24/h7,9-13,18-19,26,33H,4-6,8,14-17H2,1-3H3/t18-,19+,26+/m1/s1. The summed E-state index contributed by atoms with van der Waals surface area (Å²) in [6.07, 6.45) is 7.83. The second-order valence-electron chi connectivity index (χ2n) is 10.4. The highest BCUT2D eigenvalue weighted by molar-refractivity contribution is 5.97. The van der Waals surface area contributed by atoms with Gasteiger partial charge in [-0.3, -0.25) is 9.59 Å². The summed E-state index contributed by atoms with van der Waals surface area (Å²) in [4.78, 5) is 34.8. The van der Waals surface area contributed by atoms with Gasteiger partial charge < -0.3 is 29.1 Å². The van der Waals surface area contributed by atoms with Gasteiger partial charge in [0.15, 0.2) is 11.5 Å². The average Bonchev–Trinajstić information content (AvgIpc) is 3.42. The van der Waals surface area contributed by atoms with E-state index in [0.717, 1.165) is 24.8 Å². The summed E-state index contributed by atoms with van der Waals surface area (Å²) < 4.78 is 17.2. The second-order valence-corrected chi connectivity index (χ2v) is 10.4. The quantitative estimate of drug-likeness (QED) is 0.618. The number of pyridine rings is 1. The number of hydrogen-bond acceptors (Lipinski definition) is 7. The third-order valence-corrected chi connectivity index (χ3v) is 7.60. The maximum atomic E-state index is 13.7. The first-order chi connectivity index (χ1) is 18.4. The molecule has 9 heteroatoms. The third-order valence-electron chi connectivity index (χ3n) is 7.60. The Morgan fingerprint density at radius 2 is 2.05 bits per heavy atom. The molecule has 0 radical (unpaired) electrons. The van der Waals surface area contributed by atoms with Crippen LogP contribution < -0.4 is 14.2 Å². The topological polar surface area (TPSA) is 101 Å². The lowest BCUT2D eigenvalue weighted by Crippen LogP contribution is -2.50. The van der Waals surface area contributed by atoms with Gasteiger partial charge in [-0.05, 0) is 68.0 Å². The SMILES string of the molecule is C[C@@H]1CN([C@@H](C)CO)C(=O)c2cc(C3=CCCCC3)cnc2O[C@H]1CN(C)C(=O)c1ccc2c(c1)OCO2. The Morgan fingerprint density at radius 1 is 1.24 bits per heavy atom. The van der Waals surface area contributed by atoms with Crippen molar-refractivity contribution in [1.29, 1.82) is 0 Å². The molecule has 0 spiro atoms. The number of aliphatic hydroxyl groups is 1. The van der Waals surface area contributed by atoms with Gasteiger partial charge >= 0.3 is 0 Å². The molecule has 2 aromatic rings. The normalized spacial score (nSPS) is 21.5. The molecule has 2 aliphatic heterocycles.